The normalized spacial score (nSPS) is 13.1. The zero-order chi connectivity index (χ0) is 18.2. The first kappa shape index (κ1) is 17.0. The van der Waals surface area contributed by atoms with Gasteiger partial charge in [-0.25, -0.2) is 8.42 Å². The second-order valence-corrected chi connectivity index (χ2v) is 7.49. The van der Waals surface area contributed by atoms with E-state index in [1.165, 1.54) is 0 Å². The maximum Gasteiger partial charge on any atom is 0.254 e. The number of hydrogen-bond acceptors (Lipinski definition) is 3. The van der Waals surface area contributed by atoms with Crippen molar-refractivity contribution in [1.82, 2.24) is 0 Å². The summed E-state index contributed by atoms with van der Waals surface area (Å²) in [5, 5.41) is 0.867. The van der Waals surface area contributed by atoms with Crippen molar-refractivity contribution in [2.24, 2.45) is 5.73 Å². The number of fused-ring (bicyclic) bond motifs is 1. The summed E-state index contributed by atoms with van der Waals surface area (Å²) in [4.78, 5) is 11.7. The van der Waals surface area contributed by atoms with Crippen LogP contribution in [0.3, 0.4) is 0 Å². The Labute approximate surface area is 146 Å². The standard InChI is InChI=1S/C19H18N2O3S/c1-3-25(23,24)21-14-6-4-5-13(11-14)15-9-10-17(19(20)22)16-8-7-12(2)18(15)16/h3-7,9-11,21H,1,8H2,2H3,(H2,20,22). The van der Waals surface area contributed by atoms with Gasteiger partial charge in [-0.2, -0.15) is 0 Å². The molecule has 25 heavy (non-hydrogen) atoms. The van der Waals surface area contributed by atoms with Crippen molar-refractivity contribution < 1.29 is 13.2 Å². The molecular formula is C19H18N2O3S. The predicted molar refractivity (Wildman–Crippen MR) is 100 cm³/mol. The maximum absolute atomic E-state index is 11.7. The molecule has 2 aromatic carbocycles. The highest BCUT2D eigenvalue weighted by atomic mass is 32.2. The molecule has 0 saturated carbocycles. The number of nitrogens with two attached hydrogens (primary N) is 1. The number of sulfonamides is 1. The topological polar surface area (TPSA) is 89.3 Å². The second-order valence-electron chi connectivity index (χ2n) is 5.86. The Morgan fingerprint density at radius 3 is 2.72 bits per heavy atom. The van der Waals surface area contributed by atoms with Gasteiger partial charge in [0.2, 0.25) is 5.91 Å². The fourth-order valence-corrected chi connectivity index (χ4v) is 3.63. The van der Waals surface area contributed by atoms with Crippen LogP contribution in [0.5, 0.6) is 0 Å². The van der Waals surface area contributed by atoms with E-state index in [1.54, 1.807) is 24.3 Å². The minimum atomic E-state index is -3.57. The highest BCUT2D eigenvalue weighted by molar-refractivity contribution is 7.95. The number of nitrogens with one attached hydrogen (secondary N) is 1. The summed E-state index contributed by atoms with van der Waals surface area (Å²) in [6, 6.07) is 10.7. The van der Waals surface area contributed by atoms with E-state index in [9.17, 15) is 13.2 Å². The van der Waals surface area contributed by atoms with E-state index in [0.717, 1.165) is 33.2 Å². The van der Waals surface area contributed by atoms with Crippen LogP contribution in [0.2, 0.25) is 0 Å². The van der Waals surface area contributed by atoms with Gasteiger partial charge in [-0.1, -0.05) is 30.9 Å². The smallest absolute Gasteiger partial charge is 0.254 e. The van der Waals surface area contributed by atoms with Crippen LogP contribution in [0.1, 0.15) is 28.4 Å². The van der Waals surface area contributed by atoms with Gasteiger partial charge in [0.05, 0.1) is 0 Å². The highest BCUT2D eigenvalue weighted by Gasteiger charge is 2.21. The van der Waals surface area contributed by atoms with Crippen molar-refractivity contribution in [2.45, 2.75) is 13.3 Å². The van der Waals surface area contributed by atoms with Gasteiger partial charge in [-0.15, -0.1) is 0 Å². The number of amides is 1. The lowest BCUT2D eigenvalue weighted by Crippen LogP contribution is -2.14. The first-order chi connectivity index (χ1) is 11.8. The number of anilines is 1. The second kappa shape index (κ2) is 6.22. The summed E-state index contributed by atoms with van der Waals surface area (Å²) in [5.41, 5.74) is 11.2. The third kappa shape index (κ3) is 3.21. The van der Waals surface area contributed by atoms with Crippen molar-refractivity contribution in [2.75, 3.05) is 4.72 Å². The molecule has 0 fully saturated rings. The summed E-state index contributed by atoms with van der Waals surface area (Å²) >= 11 is 0. The van der Waals surface area contributed by atoms with Gasteiger partial charge >= 0.3 is 0 Å². The molecule has 1 aliphatic carbocycles. The molecule has 0 radical (unpaired) electrons. The fourth-order valence-electron chi connectivity index (χ4n) is 3.10. The van der Waals surface area contributed by atoms with Gasteiger partial charge in [0.15, 0.2) is 0 Å². The van der Waals surface area contributed by atoms with E-state index in [0.29, 0.717) is 17.7 Å². The van der Waals surface area contributed by atoms with Gasteiger partial charge in [0, 0.05) is 16.7 Å². The van der Waals surface area contributed by atoms with Crippen LogP contribution < -0.4 is 10.5 Å². The molecule has 0 atom stereocenters. The van der Waals surface area contributed by atoms with Crippen molar-refractivity contribution in [3.8, 4) is 11.1 Å². The highest BCUT2D eigenvalue weighted by Crippen LogP contribution is 2.38. The molecule has 0 heterocycles. The lowest BCUT2D eigenvalue weighted by molar-refractivity contribution is 0.0999. The minimum Gasteiger partial charge on any atom is -0.366 e. The Morgan fingerprint density at radius 1 is 1.28 bits per heavy atom. The number of benzene rings is 2. The molecule has 0 saturated heterocycles. The first-order valence-electron chi connectivity index (χ1n) is 7.71. The van der Waals surface area contributed by atoms with Gasteiger partial charge in [-0.3, -0.25) is 9.52 Å². The van der Waals surface area contributed by atoms with Gasteiger partial charge in [0.1, 0.15) is 0 Å². The Bertz CT molecular complexity index is 1020. The molecule has 6 heteroatoms. The van der Waals surface area contributed by atoms with Crippen LogP contribution in [0.4, 0.5) is 5.69 Å². The molecule has 128 valence electrons. The molecule has 5 nitrogen and oxygen atoms in total. The maximum atomic E-state index is 11.7. The number of carbonyl (C=O) groups is 1. The summed E-state index contributed by atoms with van der Waals surface area (Å²) in [5.74, 6) is -0.446. The number of rotatable bonds is 5. The van der Waals surface area contributed by atoms with Gasteiger partial charge < -0.3 is 5.73 Å². The summed E-state index contributed by atoms with van der Waals surface area (Å²) in [6.07, 6.45) is 2.72. The van der Waals surface area contributed by atoms with E-state index >= 15 is 0 Å². The molecule has 0 bridgehead atoms. The number of allylic oxidation sites excluding steroid dienone is 2. The van der Waals surface area contributed by atoms with Crippen LogP contribution in [-0.4, -0.2) is 14.3 Å². The lowest BCUT2D eigenvalue weighted by Gasteiger charge is -2.14. The molecule has 0 aliphatic heterocycles. The zero-order valence-corrected chi connectivity index (χ0v) is 14.6. The fraction of sp³-hybridized carbons (Fsp3) is 0.105. The molecule has 1 aliphatic rings. The number of primary amides is 1. The third-order valence-electron chi connectivity index (χ3n) is 4.24. The van der Waals surface area contributed by atoms with Crippen molar-refractivity contribution in [1.29, 1.82) is 0 Å². The average molecular weight is 354 g/mol. The van der Waals surface area contributed by atoms with Crippen LogP contribution >= 0.6 is 0 Å². The van der Waals surface area contributed by atoms with E-state index in [1.807, 2.05) is 19.1 Å². The van der Waals surface area contributed by atoms with Crippen molar-refractivity contribution in [3.05, 3.63) is 71.2 Å². The summed E-state index contributed by atoms with van der Waals surface area (Å²) in [7, 11) is -3.57. The largest absolute Gasteiger partial charge is 0.366 e. The van der Waals surface area contributed by atoms with E-state index in [2.05, 4.69) is 17.4 Å². The monoisotopic (exact) mass is 354 g/mol. The Balaban J connectivity index is 2.12. The number of carbonyl (C=O) groups excluding carboxylic acids is 1. The summed E-state index contributed by atoms with van der Waals surface area (Å²) in [6.45, 7) is 5.28. The van der Waals surface area contributed by atoms with Crippen LogP contribution in [0.15, 0.2) is 54.5 Å². The quantitative estimate of drug-likeness (QED) is 0.863. The van der Waals surface area contributed by atoms with Crippen LogP contribution in [-0.2, 0) is 16.4 Å². The van der Waals surface area contributed by atoms with Gasteiger partial charge in [0.25, 0.3) is 10.0 Å². The summed E-state index contributed by atoms with van der Waals surface area (Å²) < 4.78 is 25.8. The van der Waals surface area contributed by atoms with Crippen LogP contribution in [0.25, 0.3) is 16.7 Å². The molecule has 0 unspecified atom stereocenters. The Hall–Kier alpha value is -2.86. The van der Waals surface area contributed by atoms with E-state index in [-0.39, 0.29) is 0 Å². The molecule has 3 rings (SSSR count). The molecule has 0 spiro atoms. The third-order valence-corrected chi connectivity index (χ3v) is 5.20. The molecule has 3 N–H and O–H groups in total. The van der Waals surface area contributed by atoms with Gasteiger partial charge in [-0.05, 0) is 59.4 Å². The molecule has 1 amide bonds. The average Bonchev–Trinajstić information content (AvgIpc) is 2.96. The molecule has 0 aromatic heterocycles. The predicted octanol–water partition coefficient (Wildman–Crippen LogP) is 3.30. The Morgan fingerprint density at radius 2 is 2.04 bits per heavy atom. The van der Waals surface area contributed by atoms with Crippen LogP contribution in [0, 0.1) is 0 Å². The SMILES string of the molecule is C=CS(=O)(=O)Nc1cccc(-c2ccc(C(N)=O)c3c2C(C)=CC3)c1. The van der Waals surface area contributed by atoms with Crippen molar-refractivity contribution in [3.63, 3.8) is 0 Å². The van der Waals surface area contributed by atoms with E-state index in [4.69, 9.17) is 5.73 Å². The molecular weight excluding hydrogens is 336 g/mol. The number of hydrogen-bond donors (Lipinski definition) is 2. The first-order valence-corrected chi connectivity index (χ1v) is 9.25. The molecule has 2 aromatic rings. The van der Waals surface area contributed by atoms with E-state index < -0.39 is 15.9 Å². The zero-order valence-electron chi connectivity index (χ0n) is 13.7. The minimum absolute atomic E-state index is 0.446. The lowest BCUT2D eigenvalue weighted by atomic mass is 9.91. The Kier molecular flexibility index (Phi) is 4.22. The van der Waals surface area contributed by atoms with Crippen molar-refractivity contribution >= 4 is 27.2 Å².